The summed E-state index contributed by atoms with van der Waals surface area (Å²) < 4.78 is 3.87. The normalized spacial score (nSPS) is 12.9. The summed E-state index contributed by atoms with van der Waals surface area (Å²) in [4.78, 5) is 4.16. The smallest absolute Gasteiger partial charge is 0.105 e. The van der Waals surface area contributed by atoms with Crippen molar-refractivity contribution in [2.75, 3.05) is 0 Å². The summed E-state index contributed by atoms with van der Waals surface area (Å²) in [5, 5.41) is 7.92. The summed E-state index contributed by atoms with van der Waals surface area (Å²) in [5.41, 5.74) is 0.809. The molecule has 1 atom stereocenters. The molecule has 0 aliphatic carbocycles. The molecule has 5 nitrogen and oxygen atoms in total. The number of hydrogen-bond donors (Lipinski definition) is 0. The van der Waals surface area contributed by atoms with Crippen molar-refractivity contribution in [3.63, 3.8) is 0 Å². The highest BCUT2D eigenvalue weighted by atomic mass is 35.5. The first-order chi connectivity index (χ1) is 7.66. The maximum Gasteiger partial charge on any atom is 0.105 e. The van der Waals surface area contributed by atoms with Crippen molar-refractivity contribution in [1.29, 1.82) is 0 Å². The van der Waals surface area contributed by atoms with E-state index in [4.69, 9.17) is 11.6 Å². The highest BCUT2D eigenvalue weighted by Gasteiger charge is 2.06. The first-order valence-corrected chi connectivity index (χ1v) is 5.62. The van der Waals surface area contributed by atoms with Crippen LogP contribution in [0.5, 0.6) is 0 Å². The Kier molecular flexibility index (Phi) is 3.24. The van der Waals surface area contributed by atoms with Gasteiger partial charge in [-0.3, -0.25) is 4.68 Å². The lowest BCUT2D eigenvalue weighted by Gasteiger charge is -2.03. The molecule has 0 radical (unpaired) electrons. The zero-order valence-electron chi connectivity index (χ0n) is 9.34. The summed E-state index contributed by atoms with van der Waals surface area (Å²) in [6.07, 6.45) is 5.63. The molecule has 16 heavy (non-hydrogen) atoms. The number of aryl methyl sites for hydroxylation is 3. The van der Waals surface area contributed by atoms with E-state index in [0.717, 1.165) is 24.6 Å². The summed E-state index contributed by atoms with van der Waals surface area (Å²) in [6.45, 7) is 5.47. The van der Waals surface area contributed by atoms with Crippen LogP contribution in [0.15, 0.2) is 18.6 Å². The highest BCUT2D eigenvalue weighted by molar-refractivity contribution is 6.20. The molecular formula is C10H14ClN5. The van der Waals surface area contributed by atoms with Gasteiger partial charge in [0.05, 0.1) is 18.1 Å². The van der Waals surface area contributed by atoms with Crippen LogP contribution in [-0.4, -0.2) is 24.5 Å². The Hall–Kier alpha value is -1.36. The Morgan fingerprint density at radius 3 is 2.81 bits per heavy atom. The second kappa shape index (κ2) is 4.65. The van der Waals surface area contributed by atoms with Gasteiger partial charge < -0.3 is 4.57 Å². The van der Waals surface area contributed by atoms with Gasteiger partial charge in [-0.05, 0) is 13.8 Å². The number of halogens is 1. The van der Waals surface area contributed by atoms with E-state index in [0.29, 0.717) is 0 Å². The van der Waals surface area contributed by atoms with Crippen LogP contribution in [0, 0.1) is 6.92 Å². The molecule has 0 aromatic carbocycles. The third kappa shape index (κ3) is 2.41. The summed E-state index contributed by atoms with van der Waals surface area (Å²) >= 11 is 5.91. The maximum absolute atomic E-state index is 5.91. The predicted molar refractivity (Wildman–Crippen MR) is 61.3 cm³/mol. The van der Waals surface area contributed by atoms with Crippen molar-refractivity contribution in [3.05, 3.63) is 30.1 Å². The average molecular weight is 240 g/mol. The van der Waals surface area contributed by atoms with Crippen LogP contribution in [0.2, 0.25) is 0 Å². The minimum Gasteiger partial charge on any atom is -0.333 e. The third-order valence-electron chi connectivity index (χ3n) is 2.46. The van der Waals surface area contributed by atoms with Crippen LogP contribution in [-0.2, 0) is 13.1 Å². The molecule has 2 rings (SSSR count). The molecule has 0 saturated heterocycles. The molecule has 86 valence electrons. The molecule has 2 aromatic rings. The number of hydrogen-bond acceptors (Lipinski definition) is 3. The first-order valence-electron chi connectivity index (χ1n) is 5.18. The molecule has 0 saturated carbocycles. The van der Waals surface area contributed by atoms with Gasteiger partial charge in [-0.15, -0.1) is 16.7 Å². The van der Waals surface area contributed by atoms with E-state index >= 15 is 0 Å². The van der Waals surface area contributed by atoms with E-state index in [1.807, 2.05) is 26.2 Å². The molecule has 0 spiro atoms. The first kappa shape index (κ1) is 11.1. The second-order valence-corrected chi connectivity index (χ2v) is 4.34. The molecule has 0 fully saturated rings. The van der Waals surface area contributed by atoms with Crippen molar-refractivity contribution in [2.24, 2.45) is 0 Å². The number of aromatic nitrogens is 5. The molecule has 0 amide bonds. The van der Waals surface area contributed by atoms with Crippen molar-refractivity contribution in [2.45, 2.75) is 32.3 Å². The molecule has 2 heterocycles. The maximum atomic E-state index is 5.91. The monoisotopic (exact) mass is 239 g/mol. The Bertz CT molecular complexity index is 459. The topological polar surface area (TPSA) is 48.5 Å². The van der Waals surface area contributed by atoms with Crippen molar-refractivity contribution in [1.82, 2.24) is 24.5 Å². The van der Waals surface area contributed by atoms with Gasteiger partial charge in [0.15, 0.2) is 0 Å². The molecular weight excluding hydrogens is 226 g/mol. The van der Waals surface area contributed by atoms with Crippen molar-refractivity contribution < 1.29 is 0 Å². The predicted octanol–water partition coefficient (Wildman–Crippen LogP) is 1.78. The van der Waals surface area contributed by atoms with Crippen LogP contribution in [0.1, 0.15) is 23.8 Å². The summed E-state index contributed by atoms with van der Waals surface area (Å²) in [6, 6.07) is 0. The Morgan fingerprint density at radius 2 is 2.25 bits per heavy atom. The number of alkyl halides is 1. The fraction of sp³-hybridized carbons (Fsp3) is 0.500. The average Bonchev–Trinajstić information content (AvgIpc) is 2.83. The van der Waals surface area contributed by atoms with E-state index in [1.165, 1.54) is 0 Å². The molecule has 0 aliphatic rings. The third-order valence-corrected chi connectivity index (χ3v) is 2.68. The van der Waals surface area contributed by atoms with E-state index in [1.54, 1.807) is 10.9 Å². The van der Waals surface area contributed by atoms with E-state index in [9.17, 15) is 0 Å². The largest absolute Gasteiger partial charge is 0.333 e. The lowest BCUT2D eigenvalue weighted by molar-refractivity contribution is 0.513. The summed E-state index contributed by atoms with van der Waals surface area (Å²) in [5.74, 6) is 1.01. The fourth-order valence-electron chi connectivity index (χ4n) is 1.46. The van der Waals surface area contributed by atoms with E-state index < -0.39 is 0 Å². The fourth-order valence-corrected chi connectivity index (χ4v) is 1.56. The Balaban J connectivity index is 1.97. The number of imidazole rings is 1. The lowest BCUT2D eigenvalue weighted by atomic mass is 10.4. The van der Waals surface area contributed by atoms with Crippen molar-refractivity contribution in [3.8, 4) is 0 Å². The molecule has 6 heteroatoms. The molecule has 0 aliphatic heterocycles. The van der Waals surface area contributed by atoms with Gasteiger partial charge in [-0.25, -0.2) is 4.98 Å². The van der Waals surface area contributed by atoms with Gasteiger partial charge >= 0.3 is 0 Å². The second-order valence-electron chi connectivity index (χ2n) is 3.69. The molecule has 0 bridgehead atoms. The zero-order chi connectivity index (χ0) is 11.5. The Labute approximate surface area is 99.1 Å². The standard InChI is InChI=1S/C10H14ClN5/c1-8(11)10-7-16(14-13-10)6-5-15-4-3-12-9(15)2/h3-4,7-8H,5-6H2,1-2H3. The Morgan fingerprint density at radius 1 is 1.44 bits per heavy atom. The molecule has 2 aromatic heterocycles. The van der Waals surface area contributed by atoms with Gasteiger partial charge in [-0.1, -0.05) is 5.21 Å². The SMILES string of the molecule is Cc1nccn1CCn1cc(C(C)Cl)nn1. The van der Waals surface area contributed by atoms with Gasteiger partial charge in [0.25, 0.3) is 0 Å². The molecule has 0 N–H and O–H groups in total. The lowest BCUT2D eigenvalue weighted by Crippen LogP contribution is -2.08. The number of nitrogens with zero attached hydrogens (tertiary/aromatic N) is 5. The van der Waals surface area contributed by atoms with Gasteiger partial charge in [0.2, 0.25) is 0 Å². The van der Waals surface area contributed by atoms with Crippen LogP contribution in [0.3, 0.4) is 0 Å². The minimum absolute atomic E-state index is 0.0938. The van der Waals surface area contributed by atoms with Crippen LogP contribution >= 0.6 is 11.6 Å². The molecule has 1 unspecified atom stereocenters. The van der Waals surface area contributed by atoms with Gasteiger partial charge in [0.1, 0.15) is 11.5 Å². The highest BCUT2D eigenvalue weighted by Crippen LogP contribution is 2.15. The number of rotatable bonds is 4. The zero-order valence-corrected chi connectivity index (χ0v) is 10.1. The van der Waals surface area contributed by atoms with Crippen LogP contribution in [0.25, 0.3) is 0 Å². The minimum atomic E-state index is -0.0938. The van der Waals surface area contributed by atoms with Gasteiger partial charge in [0, 0.05) is 18.9 Å². The summed E-state index contributed by atoms with van der Waals surface area (Å²) in [7, 11) is 0. The van der Waals surface area contributed by atoms with Crippen LogP contribution < -0.4 is 0 Å². The van der Waals surface area contributed by atoms with E-state index in [2.05, 4.69) is 19.9 Å². The van der Waals surface area contributed by atoms with E-state index in [-0.39, 0.29) is 5.38 Å². The van der Waals surface area contributed by atoms with Gasteiger partial charge in [-0.2, -0.15) is 0 Å². The van der Waals surface area contributed by atoms with Crippen molar-refractivity contribution >= 4 is 11.6 Å². The quantitative estimate of drug-likeness (QED) is 0.765. The van der Waals surface area contributed by atoms with Crippen LogP contribution in [0.4, 0.5) is 0 Å².